The van der Waals surface area contributed by atoms with Gasteiger partial charge in [0.1, 0.15) is 12.2 Å². The van der Waals surface area contributed by atoms with E-state index in [4.69, 9.17) is 0 Å². The van der Waals surface area contributed by atoms with Gasteiger partial charge < -0.3 is 25.7 Å². The van der Waals surface area contributed by atoms with Crippen molar-refractivity contribution in [1.82, 2.24) is 5.32 Å². The van der Waals surface area contributed by atoms with Crippen molar-refractivity contribution < 1.29 is 25.2 Å². The molecular weight excluding hydrogens is 779 g/mol. The van der Waals surface area contributed by atoms with Crippen LogP contribution in [0.3, 0.4) is 0 Å². The Morgan fingerprint density at radius 3 is 1.00 bits per heavy atom. The van der Waals surface area contributed by atoms with Crippen LogP contribution in [0.1, 0.15) is 290 Å². The van der Waals surface area contributed by atoms with E-state index in [1.807, 2.05) is 0 Å². The van der Waals surface area contributed by atoms with Gasteiger partial charge in [0.25, 0.3) is 0 Å². The first-order chi connectivity index (χ1) is 31.0. The molecule has 4 atom stereocenters. The van der Waals surface area contributed by atoms with Gasteiger partial charge in [0.15, 0.2) is 0 Å². The van der Waals surface area contributed by atoms with E-state index in [1.165, 1.54) is 205 Å². The SMILES string of the molecule is CCCCCCCCCCCCCCCCCCCCC/C=C/CC/C=C/CC/C=C/CCCC(O)C(O)C(CO)NC(=O)C(O)CCCCCCCCCCCCCCCCC. The average Bonchev–Trinajstić information content (AvgIpc) is 3.29. The molecule has 0 saturated carbocycles. The van der Waals surface area contributed by atoms with Crippen LogP contribution in [0.25, 0.3) is 0 Å². The lowest BCUT2D eigenvalue weighted by molar-refractivity contribution is -0.132. The summed E-state index contributed by atoms with van der Waals surface area (Å²) in [5.41, 5.74) is 0. The van der Waals surface area contributed by atoms with Crippen molar-refractivity contribution >= 4 is 5.91 Å². The first kappa shape index (κ1) is 61.5. The zero-order valence-electron chi connectivity index (χ0n) is 42.1. The highest BCUT2D eigenvalue weighted by atomic mass is 16.3. The second-order valence-electron chi connectivity index (χ2n) is 19.3. The zero-order valence-corrected chi connectivity index (χ0v) is 42.1. The molecule has 0 aromatic rings. The van der Waals surface area contributed by atoms with Gasteiger partial charge in [0, 0.05) is 0 Å². The Kier molecular flexibility index (Phi) is 50.3. The summed E-state index contributed by atoms with van der Waals surface area (Å²) in [7, 11) is 0. The van der Waals surface area contributed by atoms with E-state index >= 15 is 0 Å². The summed E-state index contributed by atoms with van der Waals surface area (Å²) in [5, 5.41) is 43.8. The van der Waals surface area contributed by atoms with Gasteiger partial charge in [-0.15, -0.1) is 0 Å². The topological polar surface area (TPSA) is 110 Å². The molecule has 63 heavy (non-hydrogen) atoms. The second-order valence-corrected chi connectivity index (χ2v) is 19.3. The Hall–Kier alpha value is -1.47. The monoisotopic (exact) mass is 888 g/mol. The van der Waals surface area contributed by atoms with Gasteiger partial charge in [-0.2, -0.15) is 0 Å². The maximum atomic E-state index is 12.5. The van der Waals surface area contributed by atoms with Crippen molar-refractivity contribution in [2.45, 2.75) is 314 Å². The Morgan fingerprint density at radius 1 is 0.381 bits per heavy atom. The summed E-state index contributed by atoms with van der Waals surface area (Å²) in [6.45, 7) is 4.06. The van der Waals surface area contributed by atoms with Crippen LogP contribution < -0.4 is 5.32 Å². The van der Waals surface area contributed by atoms with Crippen LogP contribution in [-0.2, 0) is 4.79 Å². The number of allylic oxidation sites excluding steroid dienone is 6. The Morgan fingerprint density at radius 2 is 0.667 bits per heavy atom. The lowest BCUT2D eigenvalue weighted by Gasteiger charge is -2.27. The predicted octanol–water partition coefficient (Wildman–Crippen LogP) is 16.0. The average molecular weight is 889 g/mol. The Balaban J connectivity index is 3.67. The first-order valence-electron chi connectivity index (χ1n) is 27.9. The van der Waals surface area contributed by atoms with Crippen molar-refractivity contribution in [1.29, 1.82) is 0 Å². The molecule has 0 spiro atoms. The van der Waals surface area contributed by atoms with Crippen molar-refractivity contribution in [3.8, 4) is 0 Å². The largest absolute Gasteiger partial charge is 0.394 e. The fourth-order valence-corrected chi connectivity index (χ4v) is 8.67. The molecular formula is C57H109NO5. The predicted molar refractivity (Wildman–Crippen MR) is 274 cm³/mol. The van der Waals surface area contributed by atoms with Crippen LogP contribution in [0.2, 0.25) is 0 Å². The summed E-state index contributed by atoms with van der Waals surface area (Å²) in [6, 6.07) is -1.01. The Labute approximate surface area is 392 Å². The number of hydrogen-bond donors (Lipinski definition) is 5. The molecule has 0 rings (SSSR count). The minimum absolute atomic E-state index is 0.361. The standard InChI is InChI=1S/C57H109NO5/c1-3-5-7-9-11-13-15-17-19-20-21-22-23-24-25-26-27-28-29-30-31-32-33-34-35-37-38-40-42-44-46-48-50-54(60)56(62)53(52-59)58-57(63)55(61)51-49-47-45-43-41-39-36-18-16-14-12-10-8-6-4-2/h31-32,35,37,42,44,53-56,59-62H,3-30,33-34,36,38-41,43,45-52H2,1-2H3,(H,58,63)/b32-31+,37-35+,44-42+. The fraction of sp³-hybridized carbons (Fsp3) is 0.877. The molecule has 0 aromatic carbocycles. The van der Waals surface area contributed by atoms with Crippen LogP contribution in [-0.4, -0.2) is 57.3 Å². The number of amides is 1. The molecule has 4 unspecified atom stereocenters. The van der Waals surface area contributed by atoms with Gasteiger partial charge >= 0.3 is 0 Å². The minimum atomic E-state index is -1.29. The third kappa shape index (κ3) is 45.5. The van der Waals surface area contributed by atoms with Crippen molar-refractivity contribution in [2.75, 3.05) is 6.61 Å². The molecule has 5 N–H and O–H groups in total. The van der Waals surface area contributed by atoms with Gasteiger partial charge in [0.05, 0.1) is 18.8 Å². The minimum Gasteiger partial charge on any atom is -0.394 e. The van der Waals surface area contributed by atoms with Crippen LogP contribution in [0, 0.1) is 0 Å². The third-order valence-electron chi connectivity index (χ3n) is 13.1. The summed E-state index contributed by atoms with van der Waals surface area (Å²) in [4.78, 5) is 12.5. The summed E-state index contributed by atoms with van der Waals surface area (Å²) in [6.07, 6.45) is 63.7. The van der Waals surface area contributed by atoms with E-state index in [9.17, 15) is 25.2 Å². The van der Waals surface area contributed by atoms with Crippen LogP contribution >= 0.6 is 0 Å². The molecule has 0 aromatic heterocycles. The zero-order chi connectivity index (χ0) is 45.9. The molecule has 0 saturated heterocycles. The van der Waals surface area contributed by atoms with E-state index < -0.39 is 36.9 Å². The van der Waals surface area contributed by atoms with Gasteiger partial charge in [-0.1, -0.05) is 262 Å². The molecule has 372 valence electrons. The molecule has 0 aliphatic carbocycles. The first-order valence-corrected chi connectivity index (χ1v) is 27.9. The highest BCUT2D eigenvalue weighted by molar-refractivity contribution is 5.80. The second kappa shape index (κ2) is 51.5. The highest BCUT2D eigenvalue weighted by Crippen LogP contribution is 2.17. The lowest BCUT2D eigenvalue weighted by Crippen LogP contribution is -2.53. The summed E-state index contributed by atoms with van der Waals surface area (Å²) >= 11 is 0. The lowest BCUT2D eigenvalue weighted by atomic mass is 10.00. The van der Waals surface area contributed by atoms with Gasteiger partial charge in [0.2, 0.25) is 5.91 Å². The molecule has 0 fully saturated rings. The molecule has 0 aliphatic rings. The quantitative estimate of drug-likeness (QED) is 0.0309. The maximum Gasteiger partial charge on any atom is 0.249 e. The molecule has 0 heterocycles. The third-order valence-corrected chi connectivity index (χ3v) is 13.1. The number of aliphatic hydroxyl groups excluding tert-OH is 4. The van der Waals surface area contributed by atoms with Gasteiger partial charge in [-0.3, -0.25) is 4.79 Å². The summed E-state index contributed by atoms with van der Waals surface area (Å²) < 4.78 is 0. The number of unbranched alkanes of at least 4 members (excludes halogenated alkanes) is 36. The van der Waals surface area contributed by atoms with E-state index in [0.717, 1.165) is 51.4 Å². The number of nitrogens with one attached hydrogen (secondary N) is 1. The van der Waals surface area contributed by atoms with Gasteiger partial charge in [-0.25, -0.2) is 0 Å². The van der Waals surface area contributed by atoms with Gasteiger partial charge in [-0.05, 0) is 64.2 Å². The summed E-state index contributed by atoms with van der Waals surface area (Å²) in [5.74, 6) is -0.597. The number of carbonyl (C=O) groups excluding carboxylic acids is 1. The van der Waals surface area contributed by atoms with E-state index in [1.54, 1.807) is 0 Å². The van der Waals surface area contributed by atoms with E-state index in [0.29, 0.717) is 19.3 Å². The van der Waals surface area contributed by atoms with Crippen molar-refractivity contribution in [2.24, 2.45) is 0 Å². The molecule has 1 amide bonds. The highest BCUT2D eigenvalue weighted by Gasteiger charge is 2.28. The molecule has 6 heteroatoms. The molecule has 0 radical (unpaired) electrons. The smallest absolute Gasteiger partial charge is 0.249 e. The van der Waals surface area contributed by atoms with Crippen LogP contribution in [0.5, 0.6) is 0 Å². The van der Waals surface area contributed by atoms with E-state index in [-0.39, 0.29) is 0 Å². The number of aliphatic hydroxyl groups is 4. The van der Waals surface area contributed by atoms with Crippen molar-refractivity contribution in [3.63, 3.8) is 0 Å². The number of rotatable bonds is 51. The molecule has 6 nitrogen and oxygen atoms in total. The maximum absolute atomic E-state index is 12.5. The van der Waals surface area contributed by atoms with Crippen molar-refractivity contribution in [3.05, 3.63) is 36.5 Å². The Bertz CT molecular complexity index is 997. The van der Waals surface area contributed by atoms with Crippen LogP contribution in [0.15, 0.2) is 36.5 Å². The van der Waals surface area contributed by atoms with E-state index in [2.05, 4.69) is 55.6 Å². The normalized spacial score (nSPS) is 14.1. The molecule has 0 aliphatic heterocycles. The fourth-order valence-electron chi connectivity index (χ4n) is 8.67. The van der Waals surface area contributed by atoms with Crippen LogP contribution in [0.4, 0.5) is 0 Å². The number of hydrogen-bond acceptors (Lipinski definition) is 5. The molecule has 0 bridgehead atoms. The number of carbonyl (C=O) groups is 1.